The van der Waals surface area contributed by atoms with E-state index in [1.54, 1.807) is 4.57 Å². The number of carbonyl (C=O) groups excluding carboxylic acids is 1. The van der Waals surface area contributed by atoms with Crippen LogP contribution in [-0.2, 0) is 23.2 Å². The van der Waals surface area contributed by atoms with Crippen LogP contribution < -0.4 is 9.47 Å². The summed E-state index contributed by atoms with van der Waals surface area (Å²) >= 11 is 0. The van der Waals surface area contributed by atoms with Crippen molar-refractivity contribution in [3.63, 3.8) is 0 Å². The molecule has 1 amide bonds. The Morgan fingerprint density at radius 2 is 1.78 bits per heavy atom. The van der Waals surface area contributed by atoms with Gasteiger partial charge in [-0.15, -0.1) is 10.2 Å². The number of nitrogens with zero attached hydrogens (tertiary/aromatic N) is 3. The molecule has 184 valence electrons. The Labute approximate surface area is 210 Å². The van der Waals surface area contributed by atoms with Crippen LogP contribution in [0.2, 0.25) is 0 Å². The number of benzene rings is 3. The first kappa shape index (κ1) is 23.6. The van der Waals surface area contributed by atoms with E-state index in [4.69, 9.17) is 9.47 Å². The number of hydrogen-bond donors (Lipinski definition) is 1. The summed E-state index contributed by atoms with van der Waals surface area (Å²) < 4.78 is 13.5. The van der Waals surface area contributed by atoms with E-state index < -0.39 is 12.0 Å². The van der Waals surface area contributed by atoms with Crippen molar-refractivity contribution in [2.45, 2.75) is 45.3 Å². The summed E-state index contributed by atoms with van der Waals surface area (Å²) in [6.45, 7) is 6.94. The van der Waals surface area contributed by atoms with Crippen LogP contribution in [0.15, 0.2) is 83.0 Å². The van der Waals surface area contributed by atoms with Crippen LogP contribution in [0.1, 0.15) is 31.9 Å². The standard InChI is InChI=1S/C29H29N3O4/c1-29(2,3)20-13-14-23-24(17-20)36-25(18-35-23)27(33)31-30-26-21-11-7-8-12-22(21)32(28(26)34)16-15-19-9-5-4-6-10-19/h4-14,17,25,34H,15-16,18H2,1-3H3. The van der Waals surface area contributed by atoms with E-state index >= 15 is 0 Å². The lowest BCUT2D eigenvalue weighted by atomic mass is 9.87. The minimum atomic E-state index is -0.912. The molecule has 0 bridgehead atoms. The third-order valence-electron chi connectivity index (χ3n) is 6.38. The number of aromatic hydroxyl groups is 1. The summed E-state index contributed by atoms with van der Waals surface area (Å²) in [5.74, 6) is 0.526. The lowest BCUT2D eigenvalue weighted by Crippen LogP contribution is -2.35. The fourth-order valence-electron chi connectivity index (χ4n) is 4.31. The number of para-hydroxylation sites is 1. The van der Waals surface area contributed by atoms with Gasteiger partial charge in [-0.05, 0) is 41.2 Å². The molecule has 1 atom stereocenters. The third-order valence-corrected chi connectivity index (χ3v) is 6.38. The average Bonchev–Trinajstić information content (AvgIpc) is 3.15. The fraction of sp³-hybridized carbons (Fsp3) is 0.276. The van der Waals surface area contributed by atoms with Crippen LogP contribution in [0.3, 0.4) is 0 Å². The number of ether oxygens (including phenoxy) is 2. The van der Waals surface area contributed by atoms with E-state index in [2.05, 4.69) is 43.1 Å². The molecule has 0 radical (unpaired) electrons. The number of aryl methyl sites for hydroxylation is 2. The Kier molecular flexibility index (Phi) is 6.22. The van der Waals surface area contributed by atoms with Crippen LogP contribution in [0.5, 0.6) is 17.4 Å². The van der Waals surface area contributed by atoms with Crippen LogP contribution in [0, 0.1) is 0 Å². The smallest absolute Gasteiger partial charge is 0.308 e. The zero-order chi connectivity index (χ0) is 25.3. The largest absolute Gasteiger partial charge is 0.493 e. The highest BCUT2D eigenvalue weighted by Gasteiger charge is 2.29. The summed E-state index contributed by atoms with van der Waals surface area (Å²) in [5.41, 5.74) is 3.26. The Bertz CT molecular complexity index is 1430. The summed E-state index contributed by atoms with van der Waals surface area (Å²) in [7, 11) is 0. The van der Waals surface area contributed by atoms with Crippen LogP contribution >= 0.6 is 0 Å². The van der Waals surface area contributed by atoms with Gasteiger partial charge in [-0.25, -0.2) is 0 Å². The maximum atomic E-state index is 12.9. The molecule has 2 heterocycles. The molecule has 4 aromatic rings. The van der Waals surface area contributed by atoms with Crippen molar-refractivity contribution >= 4 is 22.5 Å². The number of carbonyl (C=O) groups is 1. The number of aromatic nitrogens is 1. The van der Waals surface area contributed by atoms with Crippen molar-refractivity contribution < 1.29 is 19.4 Å². The van der Waals surface area contributed by atoms with Gasteiger partial charge in [0.25, 0.3) is 0 Å². The molecule has 1 aliphatic heterocycles. The topological polar surface area (TPSA) is 85.4 Å². The first-order valence-electron chi connectivity index (χ1n) is 12.0. The molecule has 3 aromatic carbocycles. The average molecular weight is 484 g/mol. The normalized spacial score (nSPS) is 15.5. The van der Waals surface area contributed by atoms with E-state index in [1.807, 2.05) is 60.7 Å². The summed E-state index contributed by atoms with van der Waals surface area (Å²) in [5, 5.41) is 19.8. The molecule has 0 aliphatic carbocycles. The SMILES string of the molecule is CC(C)(C)c1ccc2c(c1)OC(C(=O)N=Nc1c(O)n(CCc3ccccc3)c3ccccc13)CO2. The van der Waals surface area contributed by atoms with Crippen molar-refractivity contribution in [1.82, 2.24) is 4.57 Å². The molecule has 1 aromatic heterocycles. The maximum Gasteiger partial charge on any atom is 0.308 e. The Morgan fingerprint density at radius 1 is 1.03 bits per heavy atom. The van der Waals surface area contributed by atoms with E-state index in [9.17, 15) is 9.90 Å². The minimum absolute atomic E-state index is 0.0235. The summed E-state index contributed by atoms with van der Waals surface area (Å²) in [6, 6.07) is 23.4. The predicted octanol–water partition coefficient (Wildman–Crippen LogP) is 6.34. The van der Waals surface area contributed by atoms with E-state index in [1.165, 1.54) is 0 Å². The Hall–Kier alpha value is -4.13. The van der Waals surface area contributed by atoms with Gasteiger partial charge in [0.1, 0.15) is 6.61 Å². The van der Waals surface area contributed by atoms with Gasteiger partial charge >= 0.3 is 5.91 Å². The molecule has 0 spiro atoms. The molecule has 36 heavy (non-hydrogen) atoms. The highest BCUT2D eigenvalue weighted by Crippen LogP contribution is 2.40. The lowest BCUT2D eigenvalue weighted by molar-refractivity contribution is -0.127. The molecule has 1 unspecified atom stereocenters. The second-order valence-corrected chi connectivity index (χ2v) is 9.94. The number of hydrogen-bond acceptors (Lipinski definition) is 5. The summed E-state index contributed by atoms with van der Waals surface area (Å²) in [6.07, 6.45) is -0.170. The molecule has 0 saturated carbocycles. The van der Waals surface area contributed by atoms with Crippen molar-refractivity contribution in [2.75, 3.05) is 6.61 Å². The Morgan fingerprint density at radius 3 is 2.56 bits per heavy atom. The van der Waals surface area contributed by atoms with Gasteiger partial charge in [0.15, 0.2) is 17.2 Å². The predicted molar refractivity (Wildman–Crippen MR) is 138 cm³/mol. The third kappa shape index (κ3) is 4.69. The molecule has 0 fully saturated rings. The molecule has 7 heteroatoms. The van der Waals surface area contributed by atoms with Gasteiger partial charge < -0.3 is 19.1 Å². The van der Waals surface area contributed by atoms with Crippen molar-refractivity contribution in [2.24, 2.45) is 10.2 Å². The minimum Gasteiger partial charge on any atom is -0.493 e. The van der Waals surface area contributed by atoms with Gasteiger partial charge in [0, 0.05) is 11.9 Å². The van der Waals surface area contributed by atoms with Gasteiger partial charge in [0.2, 0.25) is 12.0 Å². The molecule has 7 nitrogen and oxygen atoms in total. The molecule has 1 N–H and O–H groups in total. The van der Waals surface area contributed by atoms with Crippen LogP contribution in [0.25, 0.3) is 10.9 Å². The van der Waals surface area contributed by atoms with E-state index in [0.717, 1.165) is 28.5 Å². The quantitative estimate of drug-likeness (QED) is 0.336. The molecule has 0 saturated heterocycles. The molecule has 1 aliphatic rings. The highest BCUT2D eigenvalue weighted by molar-refractivity contribution is 5.95. The zero-order valence-corrected chi connectivity index (χ0v) is 20.6. The van der Waals surface area contributed by atoms with Gasteiger partial charge in [-0.1, -0.05) is 75.4 Å². The first-order valence-corrected chi connectivity index (χ1v) is 12.0. The van der Waals surface area contributed by atoms with E-state index in [0.29, 0.717) is 18.0 Å². The number of rotatable bonds is 5. The van der Waals surface area contributed by atoms with Crippen molar-refractivity contribution in [3.8, 4) is 17.4 Å². The Balaban J connectivity index is 1.37. The fourth-order valence-corrected chi connectivity index (χ4v) is 4.31. The number of fused-ring (bicyclic) bond motifs is 2. The molecular weight excluding hydrogens is 454 g/mol. The number of azo groups is 1. The van der Waals surface area contributed by atoms with Gasteiger partial charge in [-0.3, -0.25) is 4.79 Å². The van der Waals surface area contributed by atoms with Gasteiger partial charge in [-0.2, -0.15) is 0 Å². The second-order valence-electron chi connectivity index (χ2n) is 9.94. The highest BCUT2D eigenvalue weighted by atomic mass is 16.6. The summed E-state index contributed by atoms with van der Waals surface area (Å²) in [4.78, 5) is 12.9. The second kappa shape index (κ2) is 9.49. The first-order chi connectivity index (χ1) is 17.3. The lowest BCUT2D eigenvalue weighted by Gasteiger charge is -2.27. The molecular formula is C29H29N3O4. The van der Waals surface area contributed by atoms with E-state index in [-0.39, 0.29) is 23.6 Å². The van der Waals surface area contributed by atoms with Gasteiger partial charge in [0.05, 0.1) is 5.52 Å². The molecule has 5 rings (SSSR count). The number of amides is 1. The van der Waals surface area contributed by atoms with Crippen molar-refractivity contribution in [1.29, 1.82) is 0 Å². The van der Waals surface area contributed by atoms with Crippen LogP contribution in [0.4, 0.5) is 5.69 Å². The monoisotopic (exact) mass is 483 g/mol. The van der Waals surface area contributed by atoms with Crippen LogP contribution in [-0.4, -0.2) is 28.3 Å². The van der Waals surface area contributed by atoms with Crippen molar-refractivity contribution in [3.05, 3.63) is 83.9 Å². The zero-order valence-electron chi connectivity index (χ0n) is 20.6. The maximum absolute atomic E-state index is 12.9.